The van der Waals surface area contributed by atoms with Crippen LogP contribution in [-0.4, -0.2) is 18.7 Å². The SMILES string of the molecule is COC1=C(C)C(=O)[C@@H]2[C@H](C1=O)[C@H](C)[C@H]2c1ccccc1C. The number of aryl methyl sites for hydroxylation is 1. The number of ketones is 2. The van der Waals surface area contributed by atoms with Crippen molar-refractivity contribution in [3.8, 4) is 0 Å². The van der Waals surface area contributed by atoms with Gasteiger partial charge in [0.25, 0.3) is 0 Å². The monoisotopic (exact) mass is 284 g/mol. The highest BCUT2D eigenvalue weighted by molar-refractivity contribution is 6.14. The fourth-order valence-electron chi connectivity index (χ4n) is 4.07. The number of carbonyl (C=O) groups excluding carboxylic acids is 2. The van der Waals surface area contributed by atoms with Crippen LogP contribution in [0.1, 0.15) is 30.9 Å². The molecule has 1 aromatic carbocycles. The second-order valence-electron chi connectivity index (χ2n) is 6.18. The maximum Gasteiger partial charge on any atom is 0.201 e. The fourth-order valence-corrected chi connectivity index (χ4v) is 4.07. The number of methoxy groups -OCH3 is 1. The minimum absolute atomic E-state index is 0.00284. The van der Waals surface area contributed by atoms with Gasteiger partial charge >= 0.3 is 0 Å². The van der Waals surface area contributed by atoms with Gasteiger partial charge in [0, 0.05) is 17.4 Å². The summed E-state index contributed by atoms with van der Waals surface area (Å²) in [4.78, 5) is 25.2. The maximum absolute atomic E-state index is 12.7. The fraction of sp³-hybridized carbons (Fsp3) is 0.444. The molecule has 110 valence electrons. The molecule has 1 saturated carbocycles. The summed E-state index contributed by atoms with van der Waals surface area (Å²) in [5.41, 5.74) is 2.86. The number of Topliss-reactive ketones (excluding diaryl/α,β-unsaturated/α-hetero) is 2. The Balaban J connectivity index is 2.04. The van der Waals surface area contributed by atoms with Gasteiger partial charge in [-0.3, -0.25) is 9.59 Å². The summed E-state index contributed by atoms with van der Waals surface area (Å²) in [5, 5.41) is 0. The first kappa shape index (κ1) is 14.1. The van der Waals surface area contributed by atoms with Crippen molar-refractivity contribution < 1.29 is 14.3 Å². The first-order valence-corrected chi connectivity index (χ1v) is 7.37. The van der Waals surface area contributed by atoms with E-state index in [4.69, 9.17) is 4.74 Å². The molecule has 3 rings (SSSR count). The van der Waals surface area contributed by atoms with E-state index in [1.807, 2.05) is 12.1 Å². The van der Waals surface area contributed by atoms with E-state index >= 15 is 0 Å². The summed E-state index contributed by atoms with van der Waals surface area (Å²) in [6, 6.07) is 8.14. The van der Waals surface area contributed by atoms with Crippen molar-refractivity contribution in [3.05, 3.63) is 46.7 Å². The number of fused-ring (bicyclic) bond motifs is 1. The van der Waals surface area contributed by atoms with Crippen LogP contribution in [0, 0.1) is 24.7 Å². The Labute approximate surface area is 125 Å². The van der Waals surface area contributed by atoms with Gasteiger partial charge in [0.05, 0.1) is 7.11 Å². The van der Waals surface area contributed by atoms with Crippen LogP contribution >= 0.6 is 0 Å². The lowest BCUT2D eigenvalue weighted by molar-refractivity contribution is -0.145. The molecule has 4 atom stereocenters. The second kappa shape index (κ2) is 4.83. The molecule has 2 aliphatic rings. The van der Waals surface area contributed by atoms with Crippen LogP contribution in [0.15, 0.2) is 35.6 Å². The molecule has 0 N–H and O–H groups in total. The lowest BCUT2D eigenvalue weighted by Gasteiger charge is -2.51. The molecule has 0 heterocycles. The van der Waals surface area contributed by atoms with Crippen LogP contribution in [0.5, 0.6) is 0 Å². The van der Waals surface area contributed by atoms with E-state index in [-0.39, 0.29) is 41.0 Å². The molecule has 0 amide bonds. The van der Waals surface area contributed by atoms with Crippen molar-refractivity contribution in [1.29, 1.82) is 0 Å². The molecule has 0 saturated heterocycles. The number of carbonyl (C=O) groups is 2. The Bertz CT molecular complexity index is 656. The zero-order valence-electron chi connectivity index (χ0n) is 12.8. The lowest BCUT2D eigenvalue weighted by Crippen LogP contribution is -2.55. The summed E-state index contributed by atoms with van der Waals surface area (Å²) in [6.07, 6.45) is 0. The van der Waals surface area contributed by atoms with E-state index in [0.29, 0.717) is 5.57 Å². The van der Waals surface area contributed by atoms with Crippen LogP contribution in [0.4, 0.5) is 0 Å². The largest absolute Gasteiger partial charge is 0.493 e. The quantitative estimate of drug-likeness (QED) is 0.838. The Kier molecular flexibility index (Phi) is 3.23. The van der Waals surface area contributed by atoms with Crippen LogP contribution in [0.25, 0.3) is 0 Å². The number of benzene rings is 1. The van der Waals surface area contributed by atoms with Gasteiger partial charge in [-0.15, -0.1) is 0 Å². The standard InChI is InChI=1S/C18H20O3/c1-9-7-5-6-8-12(9)13-10(2)14-15(13)16(19)11(3)18(21-4)17(14)20/h5-8,10,13-15H,1-4H3/t10-,13+,14-,15+/m1/s1. The highest BCUT2D eigenvalue weighted by atomic mass is 16.5. The third-order valence-corrected chi connectivity index (χ3v) is 5.20. The van der Waals surface area contributed by atoms with Crippen molar-refractivity contribution in [2.75, 3.05) is 7.11 Å². The summed E-state index contributed by atoms with van der Waals surface area (Å²) in [6.45, 7) is 5.83. The number of rotatable bonds is 2. The van der Waals surface area contributed by atoms with Crippen LogP contribution in [-0.2, 0) is 14.3 Å². The number of allylic oxidation sites excluding steroid dienone is 2. The molecule has 0 aromatic heterocycles. The zero-order chi connectivity index (χ0) is 15.3. The minimum Gasteiger partial charge on any atom is -0.493 e. The topological polar surface area (TPSA) is 43.4 Å². The van der Waals surface area contributed by atoms with Crippen molar-refractivity contribution in [2.45, 2.75) is 26.7 Å². The average Bonchev–Trinajstić information content (AvgIpc) is 2.45. The van der Waals surface area contributed by atoms with Crippen LogP contribution in [0.2, 0.25) is 0 Å². The van der Waals surface area contributed by atoms with E-state index in [1.54, 1.807) is 6.92 Å². The first-order chi connectivity index (χ1) is 9.99. The van der Waals surface area contributed by atoms with Gasteiger partial charge in [-0.1, -0.05) is 31.2 Å². The van der Waals surface area contributed by atoms with E-state index < -0.39 is 0 Å². The van der Waals surface area contributed by atoms with E-state index in [1.165, 1.54) is 18.2 Å². The zero-order valence-corrected chi connectivity index (χ0v) is 12.8. The number of ether oxygens (including phenoxy) is 1. The Morgan fingerprint density at radius 2 is 1.62 bits per heavy atom. The summed E-state index contributed by atoms with van der Waals surface area (Å²) in [7, 11) is 1.46. The second-order valence-corrected chi connectivity index (χ2v) is 6.18. The van der Waals surface area contributed by atoms with Gasteiger partial charge in [-0.05, 0) is 36.8 Å². The van der Waals surface area contributed by atoms with Gasteiger partial charge < -0.3 is 4.74 Å². The Morgan fingerprint density at radius 3 is 2.24 bits per heavy atom. The van der Waals surface area contributed by atoms with Gasteiger partial charge in [-0.2, -0.15) is 0 Å². The molecule has 1 fully saturated rings. The third-order valence-electron chi connectivity index (χ3n) is 5.20. The molecule has 3 heteroatoms. The predicted octanol–water partition coefficient (Wildman–Crippen LogP) is 3.03. The van der Waals surface area contributed by atoms with E-state index in [9.17, 15) is 9.59 Å². The van der Waals surface area contributed by atoms with Gasteiger partial charge in [-0.25, -0.2) is 0 Å². The van der Waals surface area contributed by atoms with E-state index in [0.717, 1.165) is 0 Å². The van der Waals surface area contributed by atoms with Gasteiger partial charge in [0.15, 0.2) is 11.5 Å². The molecule has 2 aliphatic carbocycles. The Morgan fingerprint density at radius 1 is 0.952 bits per heavy atom. The smallest absolute Gasteiger partial charge is 0.201 e. The molecular weight excluding hydrogens is 264 g/mol. The van der Waals surface area contributed by atoms with Crippen LogP contribution < -0.4 is 0 Å². The van der Waals surface area contributed by atoms with Crippen LogP contribution in [0.3, 0.4) is 0 Å². The lowest BCUT2D eigenvalue weighted by atomic mass is 9.50. The summed E-state index contributed by atoms with van der Waals surface area (Å²) < 4.78 is 5.16. The normalized spacial score (nSPS) is 31.8. The molecule has 21 heavy (non-hydrogen) atoms. The number of hydrogen-bond acceptors (Lipinski definition) is 3. The molecule has 0 unspecified atom stereocenters. The maximum atomic E-state index is 12.7. The summed E-state index contributed by atoms with van der Waals surface area (Å²) in [5.74, 6) is 0.205. The van der Waals surface area contributed by atoms with Crippen molar-refractivity contribution in [1.82, 2.24) is 0 Å². The van der Waals surface area contributed by atoms with Gasteiger partial charge in [0.2, 0.25) is 5.78 Å². The minimum atomic E-state index is -0.222. The van der Waals surface area contributed by atoms with Gasteiger partial charge in [0.1, 0.15) is 0 Å². The molecule has 3 nitrogen and oxygen atoms in total. The molecule has 1 aromatic rings. The average molecular weight is 284 g/mol. The van der Waals surface area contributed by atoms with E-state index in [2.05, 4.69) is 26.0 Å². The molecule has 0 bridgehead atoms. The first-order valence-electron chi connectivity index (χ1n) is 7.37. The predicted molar refractivity (Wildman–Crippen MR) is 79.8 cm³/mol. The number of hydrogen-bond donors (Lipinski definition) is 0. The molecule has 0 spiro atoms. The molecule has 0 aliphatic heterocycles. The third kappa shape index (κ3) is 1.80. The van der Waals surface area contributed by atoms with Crippen molar-refractivity contribution in [3.63, 3.8) is 0 Å². The highest BCUT2D eigenvalue weighted by Crippen LogP contribution is 2.56. The molecular formula is C18H20O3. The summed E-state index contributed by atoms with van der Waals surface area (Å²) >= 11 is 0. The van der Waals surface area contributed by atoms with Crippen molar-refractivity contribution in [2.24, 2.45) is 17.8 Å². The Hall–Kier alpha value is -1.90. The molecule has 0 radical (unpaired) electrons. The highest BCUT2D eigenvalue weighted by Gasteiger charge is 2.59. The van der Waals surface area contributed by atoms with Crippen molar-refractivity contribution >= 4 is 11.6 Å².